The van der Waals surface area contributed by atoms with Crippen molar-refractivity contribution in [3.63, 3.8) is 0 Å². The Labute approximate surface area is 326 Å². The molecule has 0 bridgehead atoms. The van der Waals surface area contributed by atoms with Crippen LogP contribution in [0.4, 0.5) is 8.78 Å². The molecule has 4 heterocycles. The number of phosphoric ester groups is 1. The molecule has 58 heavy (non-hydrogen) atoms. The van der Waals surface area contributed by atoms with Gasteiger partial charge in [0.15, 0.2) is 12.5 Å². The number of ether oxygens (including phenoxy) is 4. The molecule has 0 saturated carbocycles. The molecular weight excluding hydrogens is 813 g/mol. The average molecular weight is 861 g/mol. The summed E-state index contributed by atoms with van der Waals surface area (Å²) in [5.41, 5.74) is -10.0. The van der Waals surface area contributed by atoms with E-state index in [1.165, 1.54) is 41.5 Å². The predicted molar refractivity (Wildman–Crippen MR) is 187 cm³/mol. The van der Waals surface area contributed by atoms with Gasteiger partial charge in [0, 0.05) is 24.5 Å². The second-order valence-electron chi connectivity index (χ2n) is 15.5. The summed E-state index contributed by atoms with van der Waals surface area (Å²) < 4.78 is 78.6. The summed E-state index contributed by atoms with van der Waals surface area (Å²) in [4.78, 5) is 73.8. The average Bonchev–Trinajstić information content (AvgIpc) is 3.40. The van der Waals surface area contributed by atoms with E-state index in [1.54, 1.807) is 0 Å². The van der Waals surface area contributed by atoms with Crippen molar-refractivity contribution >= 4 is 19.8 Å². The summed E-state index contributed by atoms with van der Waals surface area (Å²) >= 11 is 0. The summed E-state index contributed by atoms with van der Waals surface area (Å²) in [7, 11) is -4.89. The number of phosphoric acid groups is 1. The smallest absolute Gasteiger partial charge is 0.437 e. The maximum Gasteiger partial charge on any atom is 0.480 e. The largest absolute Gasteiger partial charge is 0.480 e. The molecule has 0 aliphatic carbocycles. The van der Waals surface area contributed by atoms with Gasteiger partial charge < -0.3 is 44.5 Å². The topological polar surface area (TPSA) is 327 Å². The molecule has 0 amide bonds. The number of aromatic amines is 2. The van der Waals surface area contributed by atoms with Gasteiger partial charge in [0.2, 0.25) is 13.6 Å². The van der Waals surface area contributed by atoms with Crippen molar-refractivity contribution in [2.24, 2.45) is 10.8 Å². The first-order chi connectivity index (χ1) is 26.3. The van der Waals surface area contributed by atoms with E-state index in [1.807, 2.05) is 9.97 Å². The fourth-order valence-corrected chi connectivity index (χ4v) is 5.94. The SMILES string of the molecule is CC(C)(C)C(=O)OCOP(=O)(OCOC(=O)C(C)(C)C)OC[C@@]1(F)O[C@@H](n2ccc(=O)[nH]c2=O)[C@](C)(O)[C@@H]1O.C[C@]1(O)[C@H](n2ccc(=O)[nH]c2=O)O[C@](F)(CO)[C@H]1O. The monoisotopic (exact) mass is 860 g/mol. The molecule has 2 aliphatic heterocycles. The normalized spacial score (nSPS) is 30.1. The highest BCUT2D eigenvalue weighted by Crippen LogP contribution is 2.53. The third kappa shape index (κ3) is 10.8. The number of carbonyl (C=O) groups excluding carboxylic acids is 2. The van der Waals surface area contributed by atoms with Gasteiger partial charge in [-0.2, -0.15) is 0 Å². The van der Waals surface area contributed by atoms with E-state index >= 15 is 4.39 Å². The zero-order valence-corrected chi connectivity index (χ0v) is 33.4. The molecule has 26 heteroatoms. The number of alkyl halides is 2. The minimum absolute atomic E-state index is 0.621. The predicted octanol–water partition coefficient (Wildman–Crippen LogP) is -1.07. The van der Waals surface area contributed by atoms with Crippen LogP contribution in [0, 0.1) is 10.8 Å². The molecule has 0 radical (unpaired) electrons. The number of aliphatic hydroxyl groups excluding tert-OH is 3. The molecule has 4 rings (SSSR count). The van der Waals surface area contributed by atoms with E-state index in [9.17, 15) is 58.1 Å². The number of carbonyl (C=O) groups is 2. The van der Waals surface area contributed by atoms with Gasteiger partial charge in [-0.15, -0.1) is 0 Å². The standard InChI is InChI=1S/C22H34FN2O13P.C10H13FN2O6/c1-19(2,3)16(28)33-11-36-39(32,37-12-34-17(29)20(4,5)6)35-10-22(23)14(27)21(7,31)15(38-22)25-9-8-13(26)24-18(25)30;1-9(18)6(16)10(11,4-14)19-7(9)13-3-2-5(15)12-8(13)17/h8-9,14-15,27,31H,10-12H2,1-7H3,(H,24,26,30);2-3,6-7,14,16,18H,4H2,1H3,(H,12,15,17)/t14-,15+,21+,22+;6-,7+,9+,10+/m00/s1. The molecule has 2 aromatic heterocycles. The second kappa shape index (κ2) is 17.3. The molecule has 0 aromatic carbocycles. The van der Waals surface area contributed by atoms with Crippen LogP contribution in [-0.2, 0) is 46.7 Å². The van der Waals surface area contributed by atoms with E-state index in [0.717, 1.165) is 42.9 Å². The van der Waals surface area contributed by atoms with Crippen LogP contribution in [0.2, 0.25) is 0 Å². The van der Waals surface area contributed by atoms with Crippen molar-refractivity contribution < 1.29 is 81.0 Å². The van der Waals surface area contributed by atoms with Crippen LogP contribution >= 0.6 is 7.82 Å². The number of aliphatic hydroxyl groups is 5. The van der Waals surface area contributed by atoms with Gasteiger partial charge >= 0.3 is 31.1 Å². The number of halogens is 2. The molecule has 2 aromatic rings. The van der Waals surface area contributed by atoms with E-state index in [0.29, 0.717) is 4.57 Å². The van der Waals surface area contributed by atoms with E-state index in [-0.39, 0.29) is 0 Å². The van der Waals surface area contributed by atoms with Gasteiger partial charge in [0.1, 0.15) is 36.6 Å². The molecular formula is C32H47F2N4O19P. The van der Waals surface area contributed by atoms with Gasteiger partial charge in [-0.3, -0.25) is 42.8 Å². The minimum Gasteiger partial charge on any atom is -0.437 e. The van der Waals surface area contributed by atoms with Crippen LogP contribution in [0.25, 0.3) is 0 Å². The van der Waals surface area contributed by atoms with Crippen LogP contribution in [0.3, 0.4) is 0 Å². The summed E-state index contributed by atoms with van der Waals surface area (Å²) in [6.07, 6.45) is -6.01. The maximum atomic E-state index is 15.7. The molecule has 0 spiro atoms. The number of H-pyrrole nitrogens is 2. The van der Waals surface area contributed by atoms with Crippen LogP contribution in [0.5, 0.6) is 0 Å². The fourth-order valence-electron chi connectivity index (χ4n) is 5.02. The Bertz CT molecular complexity index is 2050. The number of nitrogens with zero attached hydrogens (tertiary/aromatic N) is 2. The number of aromatic nitrogens is 4. The third-order valence-corrected chi connectivity index (χ3v) is 9.70. The summed E-state index contributed by atoms with van der Waals surface area (Å²) in [6, 6.07) is 1.87. The van der Waals surface area contributed by atoms with Gasteiger partial charge in [-0.25, -0.2) is 32.0 Å². The summed E-state index contributed by atoms with van der Waals surface area (Å²) in [5.74, 6) is -7.72. The highest BCUT2D eigenvalue weighted by molar-refractivity contribution is 7.48. The molecule has 2 saturated heterocycles. The third-order valence-electron chi connectivity index (χ3n) is 8.41. The van der Waals surface area contributed by atoms with Crippen molar-refractivity contribution in [1.82, 2.24) is 19.1 Å². The van der Waals surface area contributed by atoms with Crippen molar-refractivity contribution in [2.75, 3.05) is 26.8 Å². The van der Waals surface area contributed by atoms with Crippen LogP contribution < -0.4 is 22.5 Å². The van der Waals surface area contributed by atoms with Crippen molar-refractivity contribution in [2.45, 2.75) is 103 Å². The first kappa shape index (κ1) is 48.4. The molecule has 2 fully saturated rings. The van der Waals surface area contributed by atoms with Crippen LogP contribution in [-0.4, -0.2) is 118 Å². The number of hydrogen-bond acceptors (Lipinski definition) is 19. The zero-order valence-electron chi connectivity index (χ0n) is 32.5. The van der Waals surface area contributed by atoms with Gasteiger partial charge in [-0.1, -0.05) is 0 Å². The van der Waals surface area contributed by atoms with Crippen molar-refractivity contribution in [1.29, 1.82) is 0 Å². The zero-order chi connectivity index (χ0) is 44.4. The first-order valence-electron chi connectivity index (χ1n) is 17.0. The number of nitrogens with one attached hydrogen (secondary N) is 2. The summed E-state index contributed by atoms with van der Waals surface area (Å²) in [5, 5.41) is 49.8. The Kier molecular flexibility index (Phi) is 14.4. The van der Waals surface area contributed by atoms with E-state index in [2.05, 4.69) is 0 Å². The summed E-state index contributed by atoms with van der Waals surface area (Å²) in [6.45, 7) is 6.67. The molecule has 8 atom stereocenters. The quantitative estimate of drug-likeness (QED) is 0.0759. The van der Waals surface area contributed by atoms with Crippen LogP contribution in [0.15, 0.2) is 43.7 Å². The van der Waals surface area contributed by atoms with Gasteiger partial charge in [0.05, 0.1) is 10.8 Å². The first-order valence-corrected chi connectivity index (χ1v) is 18.5. The lowest BCUT2D eigenvalue weighted by molar-refractivity contribution is -0.207. The Hall–Kier alpha value is -4.01. The Morgan fingerprint density at radius 2 is 1.12 bits per heavy atom. The van der Waals surface area contributed by atoms with Crippen molar-refractivity contribution in [3.05, 3.63) is 66.2 Å². The van der Waals surface area contributed by atoms with Gasteiger partial charge in [0.25, 0.3) is 22.8 Å². The molecule has 7 N–H and O–H groups in total. The van der Waals surface area contributed by atoms with Crippen LogP contribution in [0.1, 0.15) is 67.8 Å². The molecule has 2 aliphatic rings. The van der Waals surface area contributed by atoms with Crippen molar-refractivity contribution in [3.8, 4) is 0 Å². The van der Waals surface area contributed by atoms with Gasteiger partial charge in [-0.05, 0) is 55.4 Å². The molecule has 23 nitrogen and oxygen atoms in total. The van der Waals surface area contributed by atoms with E-state index < -0.39 is 127 Å². The fraction of sp³-hybridized carbons (Fsp3) is 0.688. The van der Waals surface area contributed by atoms with E-state index in [4.69, 9.17) is 37.6 Å². The maximum absolute atomic E-state index is 15.7. The highest BCUT2D eigenvalue weighted by atomic mass is 31.2. The lowest BCUT2D eigenvalue weighted by Crippen LogP contribution is -2.50. The lowest BCUT2D eigenvalue weighted by Gasteiger charge is -2.28. The number of hydrogen-bond donors (Lipinski definition) is 7. The Balaban J connectivity index is 0.000000393. The minimum atomic E-state index is -4.89. The molecule has 328 valence electrons. The lowest BCUT2D eigenvalue weighted by atomic mass is 9.95. The highest BCUT2D eigenvalue weighted by Gasteiger charge is 2.64. The second-order valence-corrected chi connectivity index (χ2v) is 17.2. The Morgan fingerprint density at radius 3 is 1.45 bits per heavy atom. The number of esters is 2. The Morgan fingerprint density at radius 1 is 0.759 bits per heavy atom. The number of rotatable bonds is 12. The molecule has 0 unspecified atom stereocenters.